The normalized spacial score (nSPS) is 23.2. The van der Waals surface area contributed by atoms with E-state index in [1.54, 1.807) is 17.1 Å². The summed E-state index contributed by atoms with van der Waals surface area (Å²) in [5.41, 5.74) is -0.0877. The number of carbonyl (C=O) groups excluding carboxylic acids is 1. The fourth-order valence-electron chi connectivity index (χ4n) is 3.53. The second-order valence-electron chi connectivity index (χ2n) is 6.65. The van der Waals surface area contributed by atoms with Crippen LogP contribution in [0.2, 0.25) is 0 Å². The van der Waals surface area contributed by atoms with Crippen LogP contribution >= 0.6 is 0 Å². The molecule has 0 aromatic carbocycles. The van der Waals surface area contributed by atoms with Crippen molar-refractivity contribution in [3.05, 3.63) is 30.1 Å². The molecule has 23 heavy (non-hydrogen) atoms. The van der Waals surface area contributed by atoms with E-state index in [9.17, 15) is 14.7 Å². The summed E-state index contributed by atoms with van der Waals surface area (Å²) in [6.07, 6.45) is 11.1. The molecule has 1 atom stereocenters. The Hall–Kier alpha value is -2.11. The molecule has 1 amide bonds. The third kappa shape index (κ3) is 3.02. The molecule has 124 valence electrons. The van der Waals surface area contributed by atoms with Gasteiger partial charge in [-0.3, -0.25) is 9.48 Å². The fraction of sp³-hybridized carbons (Fsp3) is 0.588. The molecule has 0 radical (unpaired) electrons. The first-order valence-electron chi connectivity index (χ1n) is 8.21. The number of carbonyl (C=O) groups is 2. The molecule has 2 aliphatic rings. The Morgan fingerprint density at radius 3 is 2.65 bits per heavy atom. The molecule has 1 aliphatic carbocycles. The maximum absolute atomic E-state index is 12.4. The predicted octanol–water partition coefficient (Wildman–Crippen LogP) is 1.95. The zero-order chi connectivity index (χ0) is 16.4. The lowest BCUT2D eigenvalue weighted by atomic mass is 9.87. The number of piperidine rings is 1. The van der Waals surface area contributed by atoms with E-state index in [1.165, 1.54) is 0 Å². The second-order valence-corrected chi connectivity index (χ2v) is 6.65. The molecule has 1 fully saturated rings. The number of allylic oxidation sites excluding steroid dienone is 2. The van der Waals surface area contributed by atoms with E-state index in [4.69, 9.17) is 0 Å². The van der Waals surface area contributed by atoms with E-state index < -0.39 is 11.5 Å². The molecule has 1 aliphatic heterocycles. The number of aliphatic carboxylic acids is 1. The molecule has 0 unspecified atom stereocenters. The number of likely N-dealkylation sites (tertiary alicyclic amines) is 1. The zero-order valence-corrected chi connectivity index (χ0v) is 13.4. The van der Waals surface area contributed by atoms with Crippen molar-refractivity contribution in [2.24, 2.45) is 5.92 Å². The van der Waals surface area contributed by atoms with Crippen molar-refractivity contribution in [1.82, 2.24) is 14.7 Å². The maximum Gasteiger partial charge on any atom is 0.331 e. The number of nitrogens with zero attached hydrogens (tertiary/aromatic N) is 3. The monoisotopic (exact) mass is 317 g/mol. The van der Waals surface area contributed by atoms with Crippen molar-refractivity contribution < 1.29 is 14.7 Å². The standard InChI is InChI=1S/C17H23N3O3/c1-13-11-18-20(12-13)17(16(22)23)6-8-19(9-7-17)15(21)10-14-4-2-3-5-14/h2,4,11-12,14H,3,5-10H2,1H3,(H,22,23)/t14-/m0/s1. The average molecular weight is 317 g/mol. The molecule has 1 aromatic rings. The first-order valence-corrected chi connectivity index (χ1v) is 8.21. The van der Waals surface area contributed by atoms with Gasteiger partial charge in [-0.25, -0.2) is 4.79 Å². The molecule has 6 nitrogen and oxygen atoms in total. The molecule has 1 aromatic heterocycles. The molecule has 2 heterocycles. The van der Waals surface area contributed by atoms with Crippen LogP contribution in [0.25, 0.3) is 0 Å². The van der Waals surface area contributed by atoms with E-state index in [0.29, 0.717) is 38.3 Å². The molecule has 6 heteroatoms. The minimum atomic E-state index is -1.03. The van der Waals surface area contributed by atoms with Crippen LogP contribution in [0.15, 0.2) is 24.5 Å². The van der Waals surface area contributed by atoms with Gasteiger partial charge in [-0.05, 0) is 31.2 Å². The van der Waals surface area contributed by atoms with Gasteiger partial charge in [0, 0.05) is 38.5 Å². The highest BCUT2D eigenvalue weighted by molar-refractivity contribution is 5.79. The number of hydrogen-bond acceptors (Lipinski definition) is 3. The van der Waals surface area contributed by atoms with Crippen molar-refractivity contribution in [2.45, 2.75) is 44.6 Å². The van der Waals surface area contributed by atoms with Crippen LogP contribution < -0.4 is 0 Å². The van der Waals surface area contributed by atoms with Crippen molar-refractivity contribution >= 4 is 11.9 Å². The topological polar surface area (TPSA) is 75.4 Å². The lowest BCUT2D eigenvalue weighted by Crippen LogP contribution is -2.52. The molecule has 3 rings (SSSR count). The minimum absolute atomic E-state index is 0.136. The molecule has 0 bridgehead atoms. The number of carboxylic acid groups (broad SMARTS) is 1. The third-order valence-electron chi connectivity index (χ3n) is 5.04. The zero-order valence-electron chi connectivity index (χ0n) is 13.4. The average Bonchev–Trinajstić information content (AvgIpc) is 3.19. The van der Waals surface area contributed by atoms with Gasteiger partial charge in [-0.15, -0.1) is 0 Å². The van der Waals surface area contributed by atoms with Gasteiger partial charge in [0.2, 0.25) is 5.91 Å². The van der Waals surface area contributed by atoms with Gasteiger partial charge in [-0.1, -0.05) is 12.2 Å². The van der Waals surface area contributed by atoms with E-state index in [-0.39, 0.29) is 5.91 Å². The summed E-state index contributed by atoms with van der Waals surface area (Å²) in [6.45, 7) is 2.84. The Morgan fingerprint density at radius 2 is 2.13 bits per heavy atom. The number of aromatic nitrogens is 2. The number of rotatable bonds is 4. The van der Waals surface area contributed by atoms with E-state index in [0.717, 1.165) is 18.4 Å². The summed E-state index contributed by atoms with van der Waals surface area (Å²) in [5, 5.41) is 13.9. The Balaban J connectivity index is 1.66. The van der Waals surface area contributed by atoms with Gasteiger partial charge < -0.3 is 10.0 Å². The Bertz CT molecular complexity index is 627. The second kappa shape index (κ2) is 6.18. The molecule has 1 N–H and O–H groups in total. The van der Waals surface area contributed by atoms with Crippen LogP contribution in [0.3, 0.4) is 0 Å². The summed E-state index contributed by atoms with van der Waals surface area (Å²) in [6, 6.07) is 0. The number of hydrogen-bond donors (Lipinski definition) is 1. The van der Waals surface area contributed by atoms with Crippen LogP contribution in [-0.4, -0.2) is 44.8 Å². The Kier molecular flexibility index (Phi) is 4.24. The van der Waals surface area contributed by atoms with Crippen molar-refractivity contribution in [2.75, 3.05) is 13.1 Å². The minimum Gasteiger partial charge on any atom is -0.479 e. The first-order chi connectivity index (χ1) is 11.0. The predicted molar refractivity (Wildman–Crippen MR) is 84.9 cm³/mol. The Morgan fingerprint density at radius 1 is 1.39 bits per heavy atom. The Labute approximate surface area is 135 Å². The molecular formula is C17H23N3O3. The van der Waals surface area contributed by atoms with Gasteiger partial charge in [0.15, 0.2) is 5.54 Å². The van der Waals surface area contributed by atoms with Crippen LogP contribution in [0, 0.1) is 12.8 Å². The van der Waals surface area contributed by atoms with Crippen LogP contribution in [0.5, 0.6) is 0 Å². The fourth-order valence-corrected chi connectivity index (χ4v) is 3.53. The van der Waals surface area contributed by atoms with E-state index in [1.807, 2.05) is 11.8 Å². The summed E-state index contributed by atoms with van der Waals surface area (Å²) in [4.78, 5) is 26.1. The largest absolute Gasteiger partial charge is 0.479 e. The van der Waals surface area contributed by atoms with Crippen LogP contribution in [-0.2, 0) is 15.1 Å². The molecule has 0 spiro atoms. The highest BCUT2D eigenvalue weighted by Gasteiger charge is 2.44. The highest BCUT2D eigenvalue weighted by atomic mass is 16.4. The van der Waals surface area contributed by atoms with Crippen molar-refractivity contribution in [1.29, 1.82) is 0 Å². The highest BCUT2D eigenvalue weighted by Crippen LogP contribution is 2.31. The van der Waals surface area contributed by atoms with Crippen LogP contribution in [0.4, 0.5) is 0 Å². The SMILES string of the molecule is Cc1cnn(C2(C(=O)O)CCN(C(=O)C[C@H]3C=CCC3)CC2)c1. The lowest BCUT2D eigenvalue weighted by Gasteiger charge is -2.39. The summed E-state index contributed by atoms with van der Waals surface area (Å²) < 4.78 is 1.56. The maximum atomic E-state index is 12.4. The van der Waals surface area contributed by atoms with E-state index >= 15 is 0 Å². The van der Waals surface area contributed by atoms with Gasteiger partial charge in [0.1, 0.15) is 0 Å². The first kappa shape index (κ1) is 15.8. The third-order valence-corrected chi connectivity index (χ3v) is 5.04. The van der Waals surface area contributed by atoms with Gasteiger partial charge in [0.05, 0.1) is 6.20 Å². The lowest BCUT2D eigenvalue weighted by molar-refractivity contribution is -0.153. The smallest absolute Gasteiger partial charge is 0.331 e. The van der Waals surface area contributed by atoms with Crippen LogP contribution in [0.1, 0.15) is 37.7 Å². The van der Waals surface area contributed by atoms with Gasteiger partial charge in [0.25, 0.3) is 0 Å². The molecule has 0 saturated carbocycles. The number of amides is 1. The van der Waals surface area contributed by atoms with Gasteiger partial charge in [-0.2, -0.15) is 5.10 Å². The number of carboxylic acids is 1. The molecule has 1 saturated heterocycles. The van der Waals surface area contributed by atoms with Crippen molar-refractivity contribution in [3.8, 4) is 0 Å². The summed E-state index contributed by atoms with van der Waals surface area (Å²) in [5.74, 6) is -0.383. The van der Waals surface area contributed by atoms with Gasteiger partial charge >= 0.3 is 5.97 Å². The van der Waals surface area contributed by atoms with E-state index in [2.05, 4.69) is 17.3 Å². The quantitative estimate of drug-likeness (QED) is 0.861. The van der Waals surface area contributed by atoms with Crippen molar-refractivity contribution in [3.63, 3.8) is 0 Å². The summed E-state index contributed by atoms with van der Waals surface area (Å²) >= 11 is 0. The molecular weight excluding hydrogens is 294 g/mol. The number of aryl methyl sites for hydroxylation is 1. The summed E-state index contributed by atoms with van der Waals surface area (Å²) in [7, 11) is 0.